The minimum absolute atomic E-state index is 0.589. The molecule has 0 atom stereocenters. The van der Waals surface area contributed by atoms with Gasteiger partial charge in [0.05, 0.1) is 9.95 Å². The molecule has 0 amide bonds. The Morgan fingerprint density at radius 1 is 1.17 bits per heavy atom. The first-order valence-electron chi connectivity index (χ1n) is 5.72. The molecule has 0 aromatic heterocycles. The highest BCUT2D eigenvalue weighted by Crippen LogP contribution is 2.48. The van der Waals surface area contributed by atoms with E-state index in [-0.39, 0.29) is 0 Å². The summed E-state index contributed by atoms with van der Waals surface area (Å²) < 4.78 is 106. The molecular formula is C11H6ClF8NO3. The standard InChI is InChI=1S/C11H6ClF8NO3/c12-6-3-5(21(22)23)1-2-7(6)24-4-9(15,16)11(19,20)10(17,18)8(13)14/h1-3,8H,4H2. The van der Waals surface area contributed by atoms with E-state index in [1.54, 1.807) is 0 Å². The molecule has 0 aliphatic carbocycles. The van der Waals surface area contributed by atoms with Gasteiger partial charge in [0.2, 0.25) is 0 Å². The molecule has 0 N–H and O–H groups in total. The largest absolute Gasteiger partial charge is 0.485 e. The van der Waals surface area contributed by atoms with E-state index in [9.17, 15) is 45.2 Å². The van der Waals surface area contributed by atoms with Crippen LogP contribution in [0.4, 0.5) is 40.8 Å². The molecule has 0 aliphatic heterocycles. The van der Waals surface area contributed by atoms with Gasteiger partial charge in [-0.2, -0.15) is 26.3 Å². The first-order chi connectivity index (χ1) is 10.7. The second-order valence-corrected chi connectivity index (χ2v) is 4.77. The van der Waals surface area contributed by atoms with Gasteiger partial charge in [-0.15, -0.1) is 0 Å². The van der Waals surface area contributed by atoms with Gasteiger partial charge >= 0.3 is 24.2 Å². The summed E-state index contributed by atoms with van der Waals surface area (Å²) in [6.07, 6.45) is -5.04. The van der Waals surface area contributed by atoms with Crippen LogP contribution in [-0.4, -0.2) is 35.7 Å². The number of nitrogens with zero attached hydrogens (tertiary/aromatic N) is 1. The van der Waals surface area contributed by atoms with Crippen molar-refractivity contribution in [3.8, 4) is 5.75 Å². The molecule has 24 heavy (non-hydrogen) atoms. The third-order valence-electron chi connectivity index (χ3n) is 2.69. The Morgan fingerprint density at radius 3 is 2.12 bits per heavy atom. The van der Waals surface area contributed by atoms with Crippen molar-refractivity contribution in [1.82, 2.24) is 0 Å². The number of ether oxygens (including phenoxy) is 1. The molecule has 0 saturated heterocycles. The van der Waals surface area contributed by atoms with Crippen molar-refractivity contribution in [1.29, 1.82) is 0 Å². The number of benzene rings is 1. The zero-order valence-corrected chi connectivity index (χ0v) is 11.8. The van der Waals surface area contributed by atoms with Crippen molar-refractivity contribution in [2.24, 2.45) is 0 Å². The van der Waals surface area contributed by atoms with Crippen LogP contribution in [0.25, 0.3) is 0 Å². The van der Waals surface area contributed by atoms with Crippen molar-refractivity contribution < 1.29 is 44.8 Å². The molecular weight excluding hydrogens is 382 g/mol. The Kier molecular flexibility index (Phi) is 5.53. The van der Waals surface area contributed by atoms with Gasteiger partial charge in [0.25, 0.3) is 5.69 Å². The summed E-state index contributed by atoms with van der Waals surface area (Å²) in [5, 5.41) is 9.77. The molecule has 1 rings (SSSR count). The number of nitro benzene ring substituents is 1. The topological polar surface area (TPSA) is 52.4 Å². The molecule has 0 saturated carbocycles. The van der Waals surface area contributed by atoms with E-state index in [0.29, 0.717) is 18.2 Å². The summed E-state index contributed by atoms with van der Waals surface area (Å²) in [5.41, 5.74) is -0.589. The van der Waals surface area contributed by atoms with Gasteiger partial charge in [0.15, 0.2) is 6.61 Å². The highest BCUT2D eigenvalue weighted by Gasteiger charge is 2.75. The van der Waals surface area contributed by atoms with Crippen molar-refractivity contribution in [3.63, 3.8) is 0 Å². The first kappa shape index (κ1) is 20.2. The fraction of sp³-hybridized carbons (Fsp3) is 0.455. The smallest absolute Gasteiger partial charge is 0.381 e. The lowest BCUT2D eigenvalue weighted by Crippen LogP contribution is -2.59. The quantitative estimate of drug-likeness (QED) is 0.384. The van der Waals surface area contributed by atoms with E-state index in [0.717, 1.165) is 0 Å². The van der Waals surface area contributed by atoms with E-state index in [4.69, 9.17) is 11.6 Å². The number of hydrogen-bond donors (Lipinski definition) is 0. The van der Waals surface area contributed by atoms with Crippen molar-refractivity contribution >= 4 is 17.3 Å². The molecule has 4 nitrogen and oxygen atoms in total. The second kappa shape index (κ2) is 6.57. The van der Waals surface area contributed by atoms with Gasteiger partial charge in [-0.3, -0.25) is 10.1 Å². The third-order valence-corrected chi connectivity index (χ3v) is 2.98. The van der Waals surface area contributed by atoms with Crippen LogP contribution in [0.3, 0.4) is 0 Å². The molecule has 0 radical (unpaired) electrons. The average molecular weight is 388 g/mol. The fourth-order valence-corrected chi connectivity index (χ4v) is 1.59. The lowest BCUT2D eigenvalue weighted by molar-refractivity contribution is -0.384. The molecule has 13 heteroatoms. The Hall–Kier alpha value is -1.85. The highest BCUT2D eigenvalue weighted by atomic mass is 35.5. The molecule has 0 spiro atoms. The van der Waals surface area contributed by atoms with Crippen LogP contribution in [0.15, 0.2) is 18.2 Å². The average Bonchev–Trinajstić information content (AvgIpc) is 2.45. The fourth-order valence-electron chi connectivity index (χ4n) is 1.36. The predicted molar refractivity (Wildman–Crippen MR) is 64.4 cm³/mol. The van der Waals surface area contributed by atoms with Crippen molar-refractivity contribution in [3.05, 3.63) is 33.3 Å². The van der Waals surface area contributed by atoms with Gasteiger partial charge in [0, 0.05) is 12.1 Å². The number of hydrogen-bond acceptors (Lipinski definition) is 3. The van der Waals surface area contributed by atoms with Crippen LogP contribution in [0.2, 0.25) is 5.02 Å². The molecule has 0 bridgehead atoms. The Bertz CT molecular complexity index is 625. The van der Waals surface area contributed by atoms with Gasteiger partial charge in [-0.25, -0.2) is 8.78 Å². The maximum absolute atomic E-state index is 13.2. The minimum atomic E-state index is -6.42. The summed E-state index contributed by atoms with van der Waals surface area (Å²) >= 11 is 5.43. The number of halogens is 9. The van der Waals surface area contributed by atoms with E-state index in [2.05, 4.69) is 4.74 Å². The summed E-state index contributed by atoms with van der Waals surface area (Å²) in [4.78, 5) is 9.50. The predicted octanol–water partition coefficient (Wildman–Crippen LogP) is 4.80. The molecule has 0 heterocycles. The van der Waals surface area contributed by atoms with Crippen LogP contribution in [0.5, 0.6) is 5.75 Å². The second-order valence-electron chi connectivity index (χ2n) is 4.36. The molecule has 0 fully saturated rings. The molecule has 136 valence electrons. The van der Waals surface area contributed by atoms with Gasteiger partial charge < -0.3 is 4.74 Å². The van der Waals surface area contributed by atoms with Crippen LogP contribution in [0, 0.1) is 10.1 Å². The summed E-state index contributed by atoms with van der Waals surface area (Å²) in [6, 6.07) is 1.99. The van der Waals surface area contributed by atoms with Gasteiger partial charge in [0.1, 0.15) is 5.75 Å². The molecule has 1 aromatic rings. The maximum Gasteiger partial charge on any atom is 0.381 e. The van der Waals surface area contributed by atoms with Crippen LogP contribution < -0.4 is 4.74 Å². The SMILES string of the molecule is O=[N+]([O-])c1ccc(OCC(F)(F)C(F)(F)C(F)(F)C(F)F)c(Cl)c1. The van der Waals surface area contributed by atoms with E-state index in [1.165, 1.54) is 0 Å². The zero-order valence-electron chi connectivity index (χ0n) is 11.1. The van der Waals surface area contributed by atoms with E-state index < -0.39 is 52.2 Å². The lowest BCUT2D eigenvalue weighted by Gasteiger charge is -2.32. The molecule has 0 unspecified atom stereocenters. The minimum Gasteiger partial charge on any atom is -0.485 e. The number of nitro groups is 1. The van der Waals surface area contributed by atoms with Crippen LogP contribution in [0.1, 0.15) is 0 Å². The zero-order chi connectivity index (χ0) is 18.9. The monoisotopic (exact) mass is 387 g/mol. The summed E-state index contributed by atoms with van der Waals surface area (Å²) in [7, 11) is 0. The molecule has 1 aromatic carbocycles. The third kappa shape index (κ3) is 3.62. The van der Waals surface area contributed by atoms with E-state index in [1.807, 2.05) is 0 Å². The number of non-ortho nitro benzene ring substituents is 1. The maximum atomic E-state index is 13.2. The number of alkyl halides is 8. The number of rotatable bonds is 7. The lowest BCUT2D eigenvalue weighted by atomic mass is 10.1. The summed E-state index contributed by atoms with van der Waals surface area (Å²) in [6.45, 7) is -2.42. The highest BCUT2D eigenvalue weighted by molar-refractivity contribution is 6.32. The van der Waals surface area contributed by atoms with E-state index >= 15 is 0 Å². The Morgan fingerprint density at radius 2 is 1.71 bits per heavy atom. The van der Waals surface area contributed by atoms with Gasteiger partial charge in [-0.1, -0.05) is 11.6 Å². The molecule has 0 aliphatic rings. The van der Waals surface area contributed by atoms with Crippen molar-refractivity contribution in [2.75, 3.05) is 6.61 Å². The Balaban J connectivity index is 2.98. The first-order valence-corrected chi connectivity index (χ1v) is 6.10. The Labute approximate surface area is 133 Å². The normalized spacial score (nSPS) is 13.2. The van der Waals surface area contributed by atoms with Crippen LogP contribution >= 0.6 is 11.6 Å². The summed E-state index contributed by atoms with van der Waals surface area (Å²) in [5.74, 6) is -19.2. The van der Waals surface area contributed by atoms with Crippen LogP contribution in [-0.2, 0) is 0 Å². The van der Waals surface area contributed by atoms with Gasteiger partial charge in [-0.05, 0) is 6.07 Å². The van der Waals surface area contributed by atoms with Crippen molar-refractivity contribution in [2.45, 2.75) is 24.2 Å².